The van der Waals surface area contributed by atoms with Gasteiger partial charge in [0.2, 0.25) is 0 Å². The molecule has 0 fully saturated rings. The minimum Gasteiger partial charge on any atom is -0.487 e. The highest BCUT2D eigenvalue weighted by Gasteiger charge is 2.72. The summed E-state index contributed by atoms with van der Waals surface area (Å²) in [5.74, 6) is -19.1. The van der Waals surface area contributed by atoms with Crippen molar-refractivity contribution in [2.24, 2.45) is 0 Å². The third-order valence-electron chi connectivity index (χ3n) is 6.53. The predicted molar refractivity (Wildman–Crippen MR) is 142 cm³/mol. The van der Waals surface area contributed by atoms with Crippen LogP contribution in [0.2, 0.25) is 0 Å². The molecule has 3 aromatic rings. The number of alkyl halides is 9. The topological polar surface area (TPSA) is 65.7 Å². The Kier molecular flexibility index (Phi) is 10.2. The first-order valence-electron chi connectivity index (χ1n) is 13.2. The molecule has 0 bridgehead atoms. The number of rotatable bonds is 13. The number of hydrogen-bond donors (Lipinski definition) is 0. The molecule has 0 aliphatic rings. The molecule has 0 unspecified atom stereocenters. The van der Waals surface area contributed by atoms with Gasteiger partial charge in [-0.15, -0.1) is 0 Å². The van der Waals surface area contributed by atoms with Crippen LogP contribution in [0.1, 0.15) is 44.2 Å². The number of hydrogen-bond acceptors (Lipinski definition) is 5. The van der Waals surface area contributed by atoms with Crippen molar-refractivity contribution in [3.63, 3.8) is 0 Å². The molecule has 0 atom stereocenters. The van der Waals surface area contributed by atoms with E-state index in [1.807, 2.05) is 6.92 Å². The Morgan fingerprint density at radius 1 is 0.864 bits per heavy atom. The summed E-state index contributed by atoms with van der Waals surface area (Å²) in [6, 6.07) is 7.47. The second kappa shape index (κ2) is 12.9. The summed E-state index contributed by atoms with van der Waals surface area (Å²) in [4.78, 5) is 23.9. The molecule has 0 radical (unpaired) electrons. The molecule has 14 heteroatoms. The normalized spacial score (nSPS) is 12.8. The van der Waals surface area contributed by atoms with Gasteiger partial charge in [0.05, 0.1) is 11.1 Å². The Balaban J connectivity index is 1.86. The van der Waals surface area contributed by atoms with Crippen LogP contribution in [0.15, 0.2) is 63.8 Å². The van der Waals surface area contributed by atoms with E-state index in [9.17, 15) is 49.1 Å². The van der Waals surface area contributed by atoms with Gasteiger partial charge < -0.3 is 13.9 Å². The van der Waals surface area contributed by atoms with Crippen molar-refractivity contribution in [2.75, 3.05) is 13.2 Å². The number of unbranched alkanes of at least 4 members (excludes halogenated alkanes) is 2. The maximum absolute atomic E-state index is 14.3. The quantitative estimate of drug-likeness (QED) is 0.0617. The van der Waals surface area contributed by atoms with E-state index in [0.29, 0.717) is 18.4 Å². The second-order valence-electron chi connectivity index (χ2n) is 10.1. The van der Waals surface area contributed by atoms with Crippen molar-refractivity contribution < 1.29 is 58.2 Å². The summed E-state index contributed by atoms with van der Waals surface area (Å²) in [5.41, 5.74) is -3.55. The molecule has 3 rings (SSSR count). The van der Waals surface area contributed by atoms with Crippen LogP contribution in [0.3, 0.4) is 0 Å². The Morgan fingerprint density at radius 2 is 1.52 bits per heavy atom. The highest BCUT2D eigenvalue weighted by atomic mass is 19.4. The summed E-state index contributed by atoms with van der Waals surface area (Å²) in [7, 11) is 0. The van der Waals surface area contributed by atoms with E-state index in [1.54, 1.807) is 0 Å². The smallest absolute Gasteiger partial charge is 0.417 e. The highest BCUT2D eigenvalue weighted by Crippen LogP contribution is 2.46. The monoisotopic (exact) mass is 638 g/mol. The minimum absolute atomic E-state index is 0.0232. The zero-order valence-electron chi connectivity index (χ0n) is 23.4. The molecule has 0 saturated carbocycles. The largest absolute Gasteiger partial charge is 0.487 e. The number of fused-ring (bicyclic) bond motifs is 1. The lowest BCUT2D eigenvalue weighted by Crippen LogP contribution is -2.58. The van der Waals surface area contributed by atoms with Crippen LogP contribution < -0.4 is 10.4 Å². The lowest BCUT2D eigenvalue weighted by atomic mass is 9.95. The molecular weight excluding hydrogens is 611 g/mol. The number of esters is 1. The Morgan fingerprint density at radius 3 is 2.14 bits per heavy atom. The fraction of sp³-hybridized carbons (Fsp3) is 0.400. The summed E-state index contributed by atoms with van der Waals surface area (Å²) >= 11 is 0. The van der Waals surface area contributed by atoms with Crippen LogP contribution in [-0.2, 0) is 22.1 Å². The van der Waals surface area contributed by atoms with Crippen LogP contribution in [0.25, 0.3) is 22.1 Å². The Hall–Kier alpha value is -3.97. The van der Waals surface area contributed by atoms with Crippen molar-refractivity contribution in [1.29, 1.82) is 0 Å². The first kappa shape index (κ1) is 34.5. The van der Waals surface area contributed by atoms with Gasteiger partial charge >= 0.3 is 35.5 Å². The maximum Gasteiger partial charge on any atom is 0.417 e. The summed E-state index contributed by atoms with van der Waals surface area (Å²) < 4.78 is 140. The van der Waals surface area contributed by atoms with Gasteiger partial charge in [0.1, 0.15) is 11.3 Å². The number of halogens is 9. The van der Waals surface area contributed by atoms with Gasteiger partial charge in [-0.2, -0.15) is 39.5 Å². The number of ether oxygens (including phenoxy) is 2. The molecule has 0 spiro atoms. The molecule has 44 heavy (non-hydrogen) atoms. The van der Waals surface area contributed by atoms with Crippen LogP contribution in [-0.4, -0.2) is 37.0 Å². The molecule has 5 nitrogen and oxygen atoms in total. The van der Waals surface area contributed by atoms with Gasteiger partial charge in [0.15, 0.2) is 13.2 Å². The lowest BCUT2D eigenvalue weighted by Gasteiger charge is -2.32. The van der Waals surface area contributed by atoms with Crippen LogP contribution >= 0.6 is 0 Å². The van der Waals surface area contributed by atoms with E-state index in [4.69, 9.17) is 4.42 Å². The van der Waals surface area contributed by atoms with Crippen molar-refractivity contribution in [2.45, 2.75) is 63.5 Å². The summed E-state index contributed by atoms with van der Waals surface area (Å²) in [5, 5.41) is 0.0232. The molecule has 2 aromatic carbocycles. The molecule has 1 heterocycles. The molecule has 0 N–H and O–H groups in total. The van der Waals surface area contributed by atoms with Gasteiger partial charge in [-0.1, -0.05) is 38.5 Å². The van der Waals surface area contributed by atoms with Crippen molar-refractivity contribution in [1.82, 2.24) is 0 Å². The number of benzene rings is 2. The second-order valence-corrected chi connectivity index (χ2v) is 10.1. The van der Waals surface area contributed by atoms with E-state index < -0.39 is 76.8 Å². The van der Waals surface area contributed by atoms with Crippen molar-refractivity contribution in [3.05, 3.63) is 76.2 Å². The molecule has 0 saturated heterocycles. The zero-order valence-corrected chi connectivity index (χ0v) is 23.4. The van der Waals surface area contributed by atoms with E-state index in [2.05, 4.69) is 16.1 Å². The average molecular weight is 639 g/mol. The van der Waals surface area contributed by atoms with Crippen molar-refractivity contribution >= 4 is 16.9 Å². The average Bonchev–Trinajstić information content (AvgIpc) is 2.93. The van der Waals surface area contributed by atoms with E-state index >= 15 is 0 Å². The molecule has 1 aromatic heterocycles. The molecular formula is C30H27F9O5. The minimum atomic E-state index is -6.03. The first-order valence-corrected chi connectivity index (χ1v) is 13.2. The fourth-order valence-electron chi connectivity index (χ4n) is 4.07. The van der Waals surface area contributed by atoms with Crippen LogP contribution in [0, 0.1) is 0 Å². The molecule has 0 amide bonds. The highest BCUT2D eigenvalue weighted by molar-refractivity contribution is 5.87. The fourth-order valence-corrected chi connectivity index (χ4v) is 4.07. The molecule has 0 aliphatic heterocycles. The van der Waals surface area contributed by atoms with E-state index in [-0.39, 0.29) is 11.0 Å². The Bertz CT molecular complexity index is 1580. The maximum atomic E-state index is 14.3. The third-order valence-corrected chi connectivity index (χ3v) is 6.53. The van der Waals surface area contributed by atoms with Crippen molar-refractivity contribution in [3.8, 4) is 16.9 Å². The number of carbonyl (C=O) groups excluding carboxylic acids is 1. The molecule has 0 aliphatic carbocycles. The third kappa shape index (κ3) is 7.56. The van der Waals surface area contributed by atoms with Gasteiger partial charge in [0, 0.05) is 22.6 Å². The zero-order chi connectivity index (χ0) is 33.1. The lowest BCUT2D eigenvalue weighted by molar-refractivity contribution is -0.322. The van der Waals surface area contributed by atoms with Gasteiger partial charge in [-0.05, 0) is 49.6 Å². The first-order chi connectivity index (χ1) is 20.3. The Labute approximate surface area is 245 Å². The number of aryl methyl sites for hydroxylation is 1. The summed E-state index contributed by atoms with van der Waals surface area (Å²) in [6.45, 7) is 1.41. The predicted octanol–water partition coefficient (Wildman–Crippen LogP) is 8.62. The standard InChI is InChI=1S/C30H27F9O5/c1-4-5-6-7-18-8-11-21(23(12-18)29(35,36)37)22-13-19-9-10-20(14-24(19)44-26(22)41)42-15-27(31,32)30(38,39)28(33,34)16-43-25(40)17(2)3/h8-14H,2,4-7,15-16H2,1,3H3. The van der Waals surface area contributed by atoms with Gasteiger partial charge in [-0.3, -0.25) is 0 Å². The van der Waals surface area contributed by atoms with Gasteiger partial charge in [0.25, 0.3) is 0 Å². The molecule has 240 valence electrons. The van der Waals surface area contributed by atoms with Crippen LogP contribution in [0.4, 0.5) is 39.5 Å². The van der Waals surface area contributed by atoms with Gasteiger partial charge in [-0.25, -0.2) is 9.59 Å². The SMILES string of the molecule is C=C(C)C(=O)OCC(F)(F)C(F)(F)C(F)(F)COc1ccc2cc(-c3ccc(CCCCC)cc3C(F)(F)F)c(=O)oc2c1. The summed E-state index contributed by atoms with van der Waals surface area (Å²) in [6.07, 6.45) is -2.05. The number of carbonyl (C=O) groups is 1. The van der Waals surface area contributed by atoms with E-state index in [1.165, 1.54) is 6.07 Å². The van der Waals surface area contributed by atoms with Crippen LogP contribution in [0.5, 0.6) is 5.75 Å². The van der Waals surface area contributed by atoms with E-state index in [0.717, 1.165) is 56.2 Å².